The molecule has 2 unspecified atom stereocenters. The van der Waals surface area contributed by atoms with Gasteiger partial charge in [0.2, 0.25) is 11.8 Å². The maximum Gasteiger partial charge on any atom is 0.410 e. The molecule has 2 aliphatic heterocycles. The number of rotatable bonds is 10. The van der Waals surface area contributed by atoms with E-state index in [-0.39, 0.29) is 24.5 Å². The van der Waals surface area contributed by atoms with Crippen molar-refractivity contribution < 1.29 is 19.1 Å². The Kier molecular flexibility index (Phi) is 12.3. The summed E-state index contributed by atoms with van der Waals surface area (Å²) in [5.74, 6) is 0.609. The second-order valence-corrected chi connectivity index (χ2v) is 11.2. The van der Waals surface area contributed by atoms with Crippen LogP contribution in [0.3, 0.4) is 0 Å². The van der Waals surface area contributed by atoms with Crippen molar-refractivity contribution in [1.29, 1.82) is 0 Å². The van der Waals surface area contributed by atoms with Crippen molar-refractivity contribution in [3.8, 4) is 0 Å². The molecule has 2 atom stereocenters. The first-order chi connectivity index (χ1) is 21.4. The number of anilines is 1. The SMILES string of the molecule is CCCCC1C(=O)NCCN1C(=O)OCc1ccccc1.CCCCC1NCCN(Cc2ccc3c(N)ncnc3c2)C1=O. The lowest BCUT2D eigenvalue weighted by molar-refractivity contribution is -0.136. The molecule has 2 aliphatic rings. The van der Waals surface area contributed by atoms with Crippen molar-refractivity contribution in [2.24, 2.45) is 0 Å². The first-order valence-electron chi connectivity index (χ1n) is 15.7. The minimum Gasteiger partial charge on any atom is -0.445 e. The first-order valence-corrected chi connectivity index (χ1v) is 15.7. The van der Waals surface area contributed by atoms with Gasteiger partial charge in [-0.05, 0) is 36.1 Å². The summed E-state index contributed by atoms with van der Waals surface area (Å²) < 4.78 is 5.33. The van der Waals surface area contributed by atoms with E-state index in [1.54, 1.807) is 4.90 Å². The maximum atomic E-state index is 12.6. The van der Waals surface area contributed by atoms with E-state index in [1.807, 2.05) is 53.4 Å². The molecule has 2 saturated heterocycles. The van der Waals surface area contributed by atoms with E-state index in [0.717, 1.165) is 67.2 Å². The van der Waals surface area contributed by atoms with Crippen LogP contribution in [0.5, 0.6) is 0 Å². The summed E-state index contributed by atoms with van der Waals surface area (Å²) in [5, 5.41) is 6.99. The van der Waals surface area contributed by atoms with Crippen LogP contribution in [0.25, 0.3) is 10.9 Å². The van der Waals surface area contributed by atoms with Gasteiger partial charge in [-0.2, -0.15) is 0 Å². The molecular formula is C33H45N7O4. The van der Waals surface area contributed by atoms with E-state index in [0.29, 0.717) is 31.9 Å². The van der Waals surface area contributed by atoms with E-state index in [2.05, 4.69) is 34.4 Å². The van der Waals surface area contributed by atoms with Gasteiger partial charge in [0.25, 0.3) is 0 Å². The summed E-state index contributed by atoms with van der Waals surface area (Å²) in [6, 6.07) is 15.0. The van der Waals surface area contributed by atoms with Crippen LogP contribution in [0.4, 0.5) is 10.6 Å². The molecule has 0 spiro atoms. The molecule has 2 fully saturated rings. The molecule has 0 aliphatic carbocycles. The number of ether oxygens (including phenoxy) is 1. The van der Waals surface area contributed by atoms with E-state index in [9.17, 15) is 14.4 Å². The quantitative estimate of drug-likeness (QED) is 0.316. The molecule has 5 rings (SSSR count). The number of hydrogen-bond acceptors (Lipinski definition) is 8. The summed E-state index contributed by atoms with van der Waals surface area (Å²) in [6.07, 6.45) is 6.75. The average Bonchev–Trinajstić information content (AvgIpc) is 3.04. The molecule has 11 heteroatoms. The highest BCUT2D eigenvalue weighted by molar-refractivity contribution is 5.88. The number of hydrogen-bond donors (Lipinski definition) is 3. The van der Waals surface area contributed by atoms with E-state index >= 15 is 0 Å². The van der Waals surface area contributed by atoms with Crippen LogP contribution in [0.1, 0.15) is 63.5 Å². The highest BCUT2D eigenvalue weighted by Gasteiger charge is 2.33. The molecule has 236 valence electrons. The Bertz CT molecular complexity index is 1390. The van der Waals surface area contributed by atoms with Crippen molar-refractivity contribution in [3.05, 3.63) is 66.0 Å². The van der Waals surface area contributed by atoms with Gasteiger partial charge in [0.15, 0.2) is 0 Å². The van der Waals surface area contributed by atoms with Crippen molar-refractivity contribution in [1.82, 2.24) is 30.4 Å². The second-order valence-electron chi connectivity index (χ2n) is 11.2. The number of benzene rings is 2. The molecule has 0 bridgehead atoms. The van der Waals surface area contributed by atoms with Gasteiger partial charge < -0.3 is 26.0 Å². The van der Waals surface area contributed by atoms with Crippen LogP contribution >= 0.6 is 0 Å². The summed E-state index contributed by atoms with van der Waals surface area (Å²) in [6.45, 7) is 7.65. The lowest BCUT2D eigenvalue weighted by atomic mass is 10.1. The van der Waals surface area contributed by atoms with Gasteiger partial charge in [-0.3, -0.25) is 14.5 Å². The Balaban J connectivity index is 0.000000202. The molecule has 2 aromatic carbocycles. The third-order valence-electron chi connectivity index (χ3n) is 7.94. The Morgan fingerprint density at radius 1 is 0.977 bits per heavy atom. The smallest absolute Gasteiger partial charge is 0.410 e. The van der Waals surface area contributed by atoms with E-state index in [1.165, 1.54) is 6.33 Å². The number of aromatic nitrogens is 2. The predicted octanol–water partition coefficient (Wildman–Crippen LogP) is 4.02. The molecule has 3 aromatic rings. The Morgan fingerprint density at radius 3 is 2.52 bits per heavy atom. The minimum atomic E-state index is -0.408. The molecule has 44 heavy (non-hydrogen) atoms. The van der Waals surface area contributed by atoms with Crippen molar-refractivity contribution in [3.63, 3.8) is 0 Å². The topological polar surface area (TPSA) is 143 Å². The van der Waals surface area contributed by atoms with Crippen molar-refractivity contribution in [2.75, 3.05) is 31.9 Å². The van der Waals surface area contributed by atoms with Crippen LogP contribution < -0.4 is 16.4 Å². The van der Waals surface area contributed by atoms with Gasteiger partial charge >= 0.3 is 6.09 Å². The fraction of sp³-hybridized carbons (Fsp3) is 0.485. The molecule has 0 saturated carbocycles. The van der Waals surface area contributed by atoms with Gasteiger partial charge in [-0.1, -0.05) is 75.9 Å². The number of carbonyl (C=O) groups excluding carboxylic acids is 3. The highest BCUT2D eigenvalue weighted by Crippen LogP contribution is 2.20. The summed E-state index contributed by atoms with van der Waals surface area (Å²) >= 11 is 0. The largest absolute Gasteiger partial charge is 0.445 e. The zero-order valence-electron chi connectivity index (χ0n) is 25.8. The van der Waals surface area contributed by atoms with E-state index in [4.69, 9.17) is 10.5 Å². The Labute approximate surface area is 259 Å². The molecule has 4 N–H and O–H groups in total. The lowest BCUT2D eigenvalue weighted by Crippen LogP contribution is -2.57. The number of unbranched alkanes of at least 4 members (excludes halogenated alkanes) is 2. The minimum absolute atomic E-state index is 0.0397. The third kappa shape index (κ3) is 8.89. The normalized spacial score (nSPS) is 18.4. The average molecular weight is 604 g/mol. The first kappa shape index (κ1) is 32.7. The molecule has 3 amide bonds. The lowest BCUT2D eigenvalue weighted by Gasteiger charge is -2.34. The number of nitrogen functional groups attached to an aromatic ring is 1. The molecule has 0 radical (unpaired) electrons. The third-order valence-corrected chi connectivity index (χ3v) is 7.94. The van der Waals surface area contributed by atoms with Gasteiger partial charge in [-0.25, -0.2) is 14.8 Å². The molecule has 3 heterocycles. The molecule has 1 aromatic heterocycles. The number of amides is 3. The molecule has 11 nitrogen and oxygen atoms in total. The Hall–Kier alpha value is -4.25. The van der Waals surface area contributed by atoms with Gasteiger partial charge in [0.05, 0.1) is 11.6 Å². The van der Waals surface area contributed by atoms with E-state index < -0.39 is 12.1 Å². The van der Waals surface area contributed by atoms with Crippen LogP contribution in [0.15, 0.2) is 54.9 Å². The number of carbonyl (C=O) groups is 3. The number of piperazine rings is 2. The van der Waals surface area contributed by atoms with Gasteiger partial charge in [0.1, 0.15) is 24.8 Å². The summed E-state index contributed by atoms with van der Waals surface area (Å²) in [4.78, 5) is 48.5. The van der Waals surface area contributed by atoms with Crippen LogP contribution in [-0.2, 0) is 27.5 Å². The van der Waals surface area contributed by atoms with Crippen molar-refractivity contribution in [2.45, 2.75) is 77.6 Å². The van der Waals surface area contributed by atoms with Crippen LogP contribution in [0.2, 0.25) is 0 Å². The number of nitrogens with two attached hydrogens (primary N) is 1. The standard InChI is InChI=1S/C17H23N5O.C16H22N2O3/c1-2-3-4-14-17(23)22(8-7-19-14)10-12-5-6-13-15(9-12)20-11-21-16(13)18;1-2-3-9-14-15(19)17-10-11-18(14)16(20)21-12-13-7-5-4-6-8-13/h5-6,9,11,14,19H,2-4,7-8,10H2,1H3,(H2,18,20,21);4-8,14H,2-3,9-12H2,1H3,(H,17,19). The second kappa shape index (κ2) is 16.6. The van der Waals surface area contributed by atoms with Crippen LogP contribution in [-0.4, -0.2) is 75.9 Å². The summed E-state index contributed by atoms with van der Waals surface area (Å²) in [5.41, 5.74) is 8.68. The number of nitrogens with zero attached hydrogens (tertiary/aromatic N) is 4. The van der Waals surface area contributed by atoms with Gasteiger partial charge in [-0.15, -0.1) is 0 Å². The molecular weight excluding hydrogens is 558 g/mol. The summed E-state index contributed by atoms with van der Waals surface area (Å²) in [7, 11) is 0. The number of fused-ring (bicyclic) bond motifs is 1. The van der Waals surface area contributed by atoms with Gasteiger partial charge in [0, 0.05) is 38.1 Å². The predicted molar refractivity (Wildman–Crippen MR) is 170 cm³/mol. The Morgan fingerprint density at radius 2 is 1.75 bits per heavy atom. The monoisotopic (exact) mass is 603 g/mol. The number of nitrogens with one attached hydrogen (secondary N) is 2. The highest BCUT2D eigenvalue weighted by atomic mass is 16.6. The zero-order chi connectivity index (χ0) is 31.3. The fourth-order valence-corrected chi connectivity index (χ4v) is 5.44. The van der Waals surface area contributed by atoms with Crippen molar-refractivity contribution >= 4 is 34.6 Å². The fourth-order valence-electron chi connectivity index (χ4n) is 5.44. The zero-order valence-corrected chi connectivity index (χ0v) is 25.8. The van der Waals surface area contributed by atoms with Crippen LogP contribution in [0, 0.1) is 0 Å². The maximum absolute atomic E-state index is 12.6.